The van der Waals surface area contributed by atoms with Crippen LogP contribution in [0.25, 0.3) is 0 Å². The van der Waals surface area contributed by atoms with Crippen molar-refractivity contribution in [2.45, 2.75) is 19.6 Å². The van der Waals surface area contributed by atoms with Crippen LogP contribution in [-0.4, -0.2) is 25.2 Å². The molecular formula is C16H19NO4S. The number of ether oxygens (including phenoxy) is 2. The quantitative estimate of drug-likeness (QED) is 0.820. The van der Waals surface area contributed by atoms with Crippen molar-refractivity contribution in [3.05, 3.63) is 45.6 Å². The first kappa shape index (κ1) is 16.3. The van der Waals surface area contributed by atoms with Crippen LogP contribution in [0.2, 0.25) is 0 Å². The molecule has 118 valence electrons. The number of amides is 1. The minimum atomic E-state index is -0.0917. The Morgan fingerprint density at radius 2 is 2.05 bits per heavy atom. The number of benzene rings is 1. The summed E-state index contributed by atoms with van der Waals surface area (Å²) in [5.41, 5.74) is 1.75. The number of hydrogen-bond donors (Lipinski definition) is 2. The van der Waals surface area contributed by atoms with Crippen molar-refractivity contribution < 1.29 is 19.4 Å². The Morgan fingerprint density at radius 3 is 2.73 bits per heavy atom. The fourth-order valence-corrected chi connectivity index (χ4v) is 2.85. The molecule has 0 bridgehead atoms. The third-order valence-electron chi connectivity index (χ3n) is 3.30. The molecule has 1 heterocycles. The standard InChI is InChI=1S/C16H19NO4S/c1-20-13-4-3-12(14(8-13)21-2)9-17-16(19)7-11-5-6-22-15(11)10-18/h3-6,8,18H,7,9-10H2,1-2H3,(H,17,19). The van der Waals surface area contributed by atoms with Crippen LogP contribution in [0.15, 0.2) is 29.6 Å². The Bertz CT molecular complexity index is 639. The van der Waals surface area contributed by atoms with Gasteiger partial charge in [-0.1, -0.05) is 0 Å². The Morgan fingerprint density at radius 1 is 1.23 bits per heavy atom. The third-order valence-corrected chi connectivity index (χ3v) is 4.25. The molecule has 0 atom stereocenters. The number of aliphatic hydroxyl groups excluding tert-OH is 1. The predicted molar refractivity (Wildman–Crippen MR) is 85.3 cm³/mol. The molecule has 22 heavy (non-hydrogen) atoms. The minimum absolute atomic E-state index is 0.0351. The molecule has 0 saturated heterocycles. The monoisotopic (exact) mass is 321 g/mol. The highest BCUT2D eigenvalue weighted by Gasteiger charge is 2.10. The highest BCUT2D eigenvalue weighted by molar-refractivity contribution is 7.10. The van der Waals surface area contributed by atoms with Crippen LogP contribution < -0.4 is 14.8 Å². The van der Waals surface area contributed by atoms with Crippen LogP contribution in [-0.2, 0) is 24.4 Å². The van der Waals surface area contributed by atoms with Crippen LogP contribution in [0, 0.1) is 0 Å². The predicted octanol–water partition coefficient (Wildman–Crippen LogP) is 2.12. The minimum Gasteiger partial charge on any atom is -0.497 e. The van der Waals surface area contributed by atoms with Gasteiger partial charge < -0.3 is 19.9 Å². The van der Waals surface area contributed by atoms with Crippen LogP contribution in [0.4, 0.5) is 0 Å². The second-order valence-corrected chi connectivity index (χ2v) is 5.66. The molecule has 0 unspecified atom stereocenters. The van der Waals surface area contributed by atoms with Crippen molar-refractivity contribution in [2.75, 3.05) is 14.2 Å². The van der Waals surface area contributed by atoms with Crippen molar-refractivity contribution in [2.24, 2.45) is 0 Å². The molecule has 2 rings (SSSR count). The van der Waals surface area contributed by atoms with Gasteiger partial charge in [-0.2, -0.15) is 0 Å². The molecule has 0 spiro atoms. The van der Waals surface area contributed by atoms with Crippen LogP contribution in [0.3, 0.4) is 0 Å². The summed E-state index contributed by atoms with van der Waals surface area (Å²) in [4.78, 5) is 12.9. The van der Waals surface area contributed by atoms with E-state index >= 15 is 0 Å². The van der Waals surface area contributed by atoms with Gasteiger partial charge in [0.15, 0.2) is 0 Å². The summed E-state index contributed by atoms with van der Waals surface area (Å²) in [6, 6.07) is 7.34. The van der Waals surface area contributed by atoms with Gasteiger partial charge in [-0.05, 0) is 29.1 Å². The maximum absolute atomic E-state index is 12.0. The molecule has 0 aliphatic heterocycles. The van der Waals surface area contributed by atoms with Crippen molar-refractivity contribution in [3.63, 3.8) is 0 Å². The summed E-state index contributed by atoms with van der Waals surface area (Å²) < 4.78 is 10.4. The Hall–Kier alpha value is -2.05. The van der Waals surface area contributed by atoms with E-state index in [1.807, 2.05) is 23.6 Å². The van der Waals surface area contributed by atoms with Gasteiger partial charge in [-0.15, -0.1) is 11.3 Å². The van der Waals surface area contributed by atoms with Crippen LogP contribution in [0.5, 0.6) is 11.5 Å². The first-order valence-corrected chi connectivity index (χ1v) is 7.69. The fourth-order valence-electron chi connectivity index (χ4n) is 2.09. The zero-order valence-electron chi connectivity index (χ0n) is 12.6. The highest BCUT2D eigenvalue weighted by atomic mass is 32.1. The number of carbonyl (C=O) groups is 1. The van der Waals surface area contributed by atoms with Gasteiger partial charge in [-0.25, -0.2) is 0 Å². The smallest absolute Gasteiger partial charge is 0.224 e. The van der Waals surface area contributed by atoms with Gasteiger partial charge in [0.1, 0.15) is 11.5 Å². The Kier molecular flexibility index (Phi) is 5.80. The van der Waals surface area contributed by atoms with E-state index in [1.54, 1.807) is 20.3 Å². The normalized spacial score (nSPS) is 10.3. The van der Waals surface area contributed by atoms with Gasteiger partial charge >= 0.3 is 0 Å². The fraction of sp³-hybridized carbons (Fsp3) is 0.312. The number of nitrogens with one attached hydrogen (secondary N) is 1. The lowest BCUT2D eigenvalue weighted by atomic mass is 10.1. The molecular weight excluding hydrogens is 302 g/mol. The molecule has 5 nitrogen and oxygen atoms in total. The second-order valence-electron chi connectivity index (χ2n) is 4.66. The zero-order valence-corrected chi connectivity index (χ0v) is 13.4. The van der Waals surface area contributed by atoms with E-state index in [9.17, 15) is 9.90 Å². The lowest BCUT2D eigenvalue weighted by Crippen LogP contribution is -2.25. The van der Waals surface area contributed by atoms with E-state index in [2.05, 4.69) is 5.32 Å². The van der Waals surface area contributed by atoms with Crippen molar-refractivity contribution in [1.82, 2.24) is 5.32 Å². The third kappa shape index (κ3) is 3.99. The van der Waals surface area contributed by atoms with E-state index in [-0.39, 0.29) is 18.9 Å². The van der Waals surface area contributed by atoms with E-state index < -0.39 is 0 Å². The number of methoxy groups -OCH3 is 2. The summed E-state index contributed by atoms with van der Waals surface area (Å²) in [5.74, 6) is 1.29. The molecule has 6 heteroatoms. The Balaban J connectivity index is 1.96. The molecule has 0 fully saturated rings. The van der Waals surface area contributed by atoms with E-state index in [0.29, 0.717) is 18.0 Å². The van der Waals surface area contributed by atoms with Gasteiger partial charge in [0.25, 0.3) is 0 Å². The molecule has 0 aliphatic rings. The van der Waals surface area contributed by atoms with Gasteiger partial charge in [-0.3, -0.25) is 4.79 Å². The summed E-state index contributed by atoms with van der Waals surface area (Å²) >= 11 is 1.45. The maximum atomic E-state index is 12.0. The van der Waals surface area contributed by atoms with Gasteiger partial charge in [0, 0.05) is 23.1 Å². The van der Waals surface area contributed by atoms with Crippen LogP contribution >= 0.6 is 11.3 Å². The molecule has 0 aliphatic carbocycles. The number of rotatable bonds is 7. The molecule has 1 aromatic carbocycles. The van der Waals surface area contributed by atoms with Gasteiger partial charge in [0.05, 0.1) is 27.2 Å². The molecule has 0 saturated carbocycles. The van der Waals surface area contributed by atoms with Crippen LogP contribution in [0.1, 0.15) is 16.0 Å². The zero-order chi connectivity index (χ0) is 15.9. The summed E-state index contributed by atoms with van der Waals surface area (Å²) in [6.45, 7) is 0.344. The molecule has 1 amide bonds. The average molecular weight is 321 g/mol. The number of aliphatic hydroxyl groups is 1. The molecule has 2 N–H and O–H groups in total. The van der Waals surface area contributed by atoms with E-state index in [4.69, 9.17) is 9.47 Å². The number of thiophene rings is 1. The molecule has 2 aromatic rings. The maximum Gasteiger partial charge on any atom is 0.224 e. The van der Waals surface area contributed by atoms with Crippen molar-refractivity contribution in [1.29, 1.82) is 0 Å². The largest absolute Gasteiger partial charge is 0.497 e. The summed E-state index contributed by atoms with van der Waals surface area (Å²) in [5, 5.41) is 13.9. The highest BCUT2D eigenvalue weighted by Crippen LogP contribution is 2.24. The Labute approximate surface area is 133 Å². The topological polar surface area (TPSA) is 67.8 Å². The average Bonchev–Trinajstić information content (AvgIpc) is 2.99. The molecule has 1 aromatic heterocycles. The molecule has 0 radical (unpaired) electrons. The van der Waals surface area contributed by atoms with Crippen molar-refractivity contribution >= 4 is 17.2 Å². The summed E-state index contributed by atoms with van der Waals surface area (Å²) in [6.07, 6.45) is 0.262. The van der Waals surface area contributed by atoms with Crippen molar-refractivity contribution in [3.8, 4) is 11.5 Å². The first-order valence-electron chi connectivity index (χ1n) is 6.81. The van der Waals surface area contributed by atoms with Gasteiger partial charge in [0.2, 0.25) is 5.91 Å². The number of carbonyl (C=O) groups excluding carboxylic acids is 1. The van der Waals surface area contributed by atoms with E-state index in [1.165, 1.54) is 11.3 Å². The SMILES string of the molecule is COc1ccc(CNC(=O)Cc2ccsc2CO)c(OC)c1. The summed E-state index contributed by atoms with van der Waals surface area (Å²) in [7, 11) is 3.18. The lowest BCUT2D eigenvalue weighted by molar-refractivity contribution is -0.120. The lowest BCUT2D eigenvalue weighted by Gasteiger charge is -2.11. The van der Waals surface area contributed by atoms with E-state index in [0.717, 1.165) is 16.0 Å². The second kappa shape index (κ2) is 7.82. The number of hydrogen-bond acceptors (Lipinski definition) is 5. The first-order chi connectivity index (χ1) is 10.7.